The van der Waals surface area contributed by atoms with E-state index < -0.39 is 0 Å². The molecule has 3 rings (SSSR count). The quantitative estimate of drug-likeness (QED) is 0.753. The predicted octanol–water partition coefficient (Wildman–Crippen LogP) is -0.669. The van der Waals surface area contributed by atoms with Crippen LogP contribution >= 0.6 is 0 Å². The van der Waals surface area contributed by atoms with Crippen LogP contribution in [0.15, 0.2) is 0 Å². The van der Waals surface area contributed by atoms with Crippen LogP contribution in [-0.4, -0.2) is 56.5 Å². The van der Waals surface area contributed by atoms with Gasteiger partial charge in [-0.2, -0.15) is 5.21 Å². The molecule has 1 aliphatic carbocycles. The molecule has 2 fully saturated rings. The van der Waals surface area contributed by atoms with Crippen LogP contribution < -0.4 is 5.32 Å². The van der Waals surface area contributed by atoms with E-state index in [-0.39, 0.29) is 29.6 Å². The Balaban J connectivity index is 1.47. The van der Waals surface area contributed by atoms with Gasteiger partial charge in [0.1, 0.15) is 0 Å². The molecule has 1 saturated carbocycles. The molecule has 0 bridgehead atoms. The van der Waals surface area contributed by atoms with E-state index in [2.05, 4.69) is 25.9 Å². The smallest absolute Gasteiger partial charge is 0.293 e. The Morgan fingerprint density at radius 2 is 1.95 bits per heavy atom. The minimum atomic E-state index is -0.319. The van der Waals surface area contributed by atoms with Crippen LogP contribution in [0.2, 0.25) is 0 Å². The standard InChI is InChI=1S/C11H16N6O2/c18-10(9-13-15-16-14-9)12-8-3-5-17(6-4-8)11(19)7-1-2-7/h7-8H,1-6H2,(H,12,18)(H,13,14,15,16). The molecule has 19 heavy (non-hydrogen) atoms. The Morgan fingerprint density at radius 1 is 1.21 bits per heavy atom. The number of carbonyl (C=O) groups is 2. The number of hydrogen-bond acceptors (Lipinski definition) is 5. The highest BCUT2D eigenvalue weighted by Crippen LogP contribution is 2.31. The van der Waals surface area contributed by atoms with Gasteiger partial charge < -0.3 is 10.2 Å². The number of aromatic nitrogens is 4. The lowest BCUT2D eigenvalue weighted by molar-refractivity contribution is -0.133. The summed E-state index contributed by atoms with van der Waals surface area (Å²) in [5, 5.41) is 15.7. The molecule has 102 valence electrons. The molecule has 0 radical (unpaired) electrons. The molecule has 2 N–H and O–H groups in total. The summed E-state index contributed by atoms with van der Waals surface area (Å²) in [6, 6.07) is 0.0780. The zero-order valence-corrected chi connectivity index (χ0v) is 10.5. The maximum Gasteiger partial charge on any atom is 0.293 e. The van der Waals surface area contributed by atoms with Crippen molar-refractivity contribution in [1.29, 1.82) is 0 Å². The molecule has 8 heteroatoms. The first-order chi connectivity index (χ1) is 9.24. The third kappa shape index (κ3) is 2.72. The molecule has 1 aromatic rings. The first-order valence-corrected chi connectivity index (χ1v) is 6.57. The van der Waals surface area contributed by atoms with E-state index in [9.17, 15) is 9.59 Å². The fraction of sp³-hybridized carbons (Fsp3) is 0.727. The van der Waals surface area contributed by atoms with Gasteiger partial charge in [-0.1, -0.05) is 0 Å². The monoisotopic (exact) mass is 264 g/mol. The minimum Gasteiger partial charge on any atom is -0.346 e. The van der Waals surface area contributed by atoms with Crippen LogP contribution in [0.1, 0.15) is 36.3 Å². The Bertz CT molecular complexity index is 462. The van der Waals surface area contributed by atoms with Crippen molar-refractivity contribution >= 4 is 11.8 Å². The second-order valence-corrected chi connectivity index (χ2v) is 5.08. The van der Waals surface area contributed by atoms with E-state index in [1.165, 1.54) is 0 Å². The summed E-state index contributed by atoms with van der Waals surface area (Å²) in [6.07, 6.45) is 3.63. The van der Waals surface area contributed by atoms with E-state index in [0.29, 0.717) is 13.1 Å². The molecule has 1 aromatic heterocycles. The van der Waals surface area contributed by atoms with E-state index in [1.54, 1.807) is 0 Å². The number of likely N-dealkylation sites (tertiary alicyclic amines) is 1. The van der Waals surface area contributed by atoms with E-state index in [1.807, 2.05) is 4.90 Å². The average Bonchev–Trinajstić information content (AvgIpc) is 3.13. The second kappa shape index (κ2) is 4.94. The molecule has 0 atom stereocenters. The second-order valence-electron chi connectivity index (χ2n) is 5.08. The van der Waals surface area contributed by atoms with Gasteiger partial charge in [-0.3, -0.25) is 9.59 Å². The van der Waals surface area contributed by atoms with E-state index in [4.69, 9.17) is 0 Å². The van der Waals surface area contributed by atoms with Gasteiger partial charge in [0.15, 0.2) is 0 Å². The molecule has 1 saturated heterocycles. The average molecular weight is 264 g/mol. The summed E-state index contributed by atoms with van der Waals surface area (Å²) >= 11 is 0. The van der Waals surface area contributed by atoms with Crippen LogP contribution in [0.3, 0.4) is 0 Å². The normalized spacial score (nSPS) is 20.3. The highest BCUT2D eigenvalue weighted by atomic mass is 16.2. The number of hydrogen-bond donors (Lipinski definition) is 2. The van der Waals surface area contributed by atoms with Crippen molar-refractivity contribution in [3.05, 3.63) is 5.82 Å². The predicted molar refractivity (Wildman–Crippen MR) is 64.0 cm³/mol. The van der Waals surface area contributed by atoms with Crippen LogP contribution in [0.5, 0.6) is 0 Å². The van der Waals surface area contributed by atoms with Crippen LogP contribution in [0, 0.1) is 5.92 Å². The first kappa shape index (κ1) is 12.1. The number of nitrogens with zero attached hydrogens (tertiary/aromatic N) is 4. The van der Waals surface area contributed by atoms with Crippen LogP contribution in [-0.2, 0) is 4.79 Å². The van der Waals surface area contributed by atoms with Crippen molar-refractivity contribution in [2.24, 2.45) is 5.92 Å². The fourth-order valence-electron chi connectivity index (χ4n) is 2.34. The first-order valence-electron chi connectivity index (χ1n) is 6.57. The molecular weight excluding hydrogens is 248 g/mol. The molecule has 0 aromatic carbocycles. The lowest BCUT2D eigenvalue weighted by atomic mass is 10.0. The summed E-state index contributed by atoms with van der Waals surface area (Å²) in [6.45, 7) is 1.43. The Morgan fingerprint density at radius 3 is 2.53 bits per heavy atom. The molecule has 8 nitrogen and oxygen atoms in total. The number of H-pyrrole nitrogens is 1. The molecule has 1 aliphatic heterocycles. The minimum absolute atomic E-state index is 0.0523. The van der Waals surface area contributed by atoms with Gasteiger partial charge in [0, 0.05) is 25.0 Å². The Labute approximate surface area is 109 Å². The lowest BCUT2D eigenvalue weighted by Gasteiger charge is -2.32. The number of rotatable bonds is 3. The molecule has 2 amide bonds. The molecule has 2 heterocycles. The molecule has 0 spiro atoms. The van der Waals surface area contributed by atoms with Crippen molar-refractivity contribution in [1.82, 2.24) is 30.8 Å². The largest absolute Gasteiger partial charge is 0.346 e. The van der Waals surface area contributed by atoms with Gasteiger partial charge in [0.25, 0.3) is 11.7 Å². The molecular formula is C11H16N6O2. The van der Waals surface area contributed by atoms with Crippen molar-refractivity contribution < 1.29 is 9.59 Å². The Hall–Kier alpha value is -1.99. The third-order valence-corrected chi connectivity index (χ3v) is 3.62. The van der Waals surface area contributed by atoms with Gasteiger partial charge in [-0.25, -0.2) is 0 Å². The van der Waals surface area contributed by atoms with Gasteiger partial charge in [-0.15, -0.1) is 10.2 Å². The summed E-state index contributed by atoms with van der Waals surface area (Å²) in [4.78, 5) is 25.5. The fourth-order valence-corrected chi connectivity index (χ4v) is 2.34. The SMILES string of the molecule is O=C(NC1CCN(C(=O)C2CC2)CC1)c1nn[nH]n1. The van der Waals surface area contributed by atoms with Gasteiger partial charge >= 0.3 is 0 Å². The molecule has 0 unspecified atom stereocenters. The van der Waals surface area contributed by atoms with Crippen molar-refractivity contribution in [3.63, 3.8) is 0 Å². The zero-order chi connectivity index (χ0) is 13.2. The third-order valence-electron chi connectivity index (χ3n) is 3.62. The number of tetrazole rings is 1. The summed E-state index contributed by atoms with van der Waals surface area (Å²) in [5.41, 5.74) is 0. The van der Waals surface area contributed by atoms with Crippen molar-refractivity contribution in [3.8, 4) is 0 Å². The maximum atomic E-state index is 11.9. The van der Waals surface area contributed by atoms with Crippen molar-refractivity contribution in [2.45, 2.75) is 31.7 Å². The zero-order valence-electron chi connectivity index (χ0n) is 10.5. The van der Waals surface area contributed by atoms with Gasteiger partial charge in [0.2, 0.25) is 5.91 Å². The maximum absolute atomic E-state index is 11.9. The number of piperidine rings is 1. The van der Waals surface area contributed by atoms with Gasteiger partial charge in [-0.05, 0) is 30.9 Å². The summed E-state index contributed by atoms with van der Waals surface area (Å²) < 4.78 is 0. The van der Waals surface area contributed by atoms with Gasteiger partial charge in [0.05, 0.1) is 0 Å². The van der Waals surface area contributed by atoms with Crippen molar-refractivity contribution in [2.75, 3.05) is 13.1 Å². The molecule has 2 aliphatic rings. The lowest BCUT2D eigenvalue weighted by Crippen LogP contribution is -2.47. The number of carbonyl (C=O) groups excluding carboxylic acids is 2. The number of aromatic amines is 1. The summed E-state index contributed by atoms with van der Waals surface area (Å²) in [5.74, 6) is 0.283. The number of amides is 2. The van der Waals surface area contributed by atoms with E-state index in [0.717, 1.165) is 25.7 Å². The highest BCUT2D eigenvalue weighted by Gasteiger charge is 2.35. The Kier molecular flexibility index (Phi) is 3.14. The number of nitrogens with one attached hydrogen (secondary N) is 2. The van der Waals surface area contributed by atoms with E-state index >= 15 is 0 Å². The van der Waals surface area contributed by atoms with Crippen LogP contribution in [0.25, 0.3) is 0 Å². The highest BCUT2D eigenvalue weighted by molar-refractivity contribution is 5.90. The van der Waals surface area contributed by atoms with Crippen LogP contribution in [0.4, 0.5) is 0 Å². The topological polar surface area (TPSA) is 104 Å². The summed E-state index contributed by atoms with van der Waals surface area (Å²) in [7, 11) is 0.